The summed E-state index contributed by atoms with van der Waals surface area (Å²) < 4.78 is 0.730. The maximum atomic E-state index is 11.7. The summed E-state index contributed by atoms with van der Waals surface area (Å²) in [6.07, 6.45) is 1.98. The average Bonchev–Trinajstić information content (AvgIpc) is 2.63. The smallest absolute Gasteiger partial charge is 0.232 e. The van der Waals surface area contributed by atoms with Crippen LogP contribution in [-0.2, 0) is 11.2 Å². The molecule has 2 aromatic heterocycles. The van der Waals surface area contributed by atoms with Gasteiger partial charge in [-0.2, -0.15) is 0 Å². The Morgan fingerprint density at radius 3 is 3.00 bits per heavy atom. The van der Waals surface area contributed by atoms with Gasteiger partial charge in [-0.3, -0.25) is 4.79 Å². The zero-order valence-corrected chi connectivity index (χ0v) is 11.5. The maximum Gasteiger partial charge on any atom is 0.232 e. The molecule has 0 unspecified atom stereocenters. The molecule has 6 heteroatoms. The third-order valence-corrected chi connectivity index (χ3v) is 3.25. The summed E-state index contributed by atoms with van der Waals surface area (Å²) in [5, 5.41) is 3.37. The van der Waals surface area contributed by atoms with E-state index < -0.39 is 0 Å². The Morgan fingerprint density at radius 1 is 1.53 bits per heavy atom. The van der Waals surface area contributed by atoms with Crippen LogP contribution in [0, 0.1) is 6.92 Å². The summed E-state index contributed by atoms with van der Waals surface area (Å²) in [5.41, 5.74) is 0.727. The molecule has 1 N–H and O–H groups in total. The van der Waals surface area contributed by atoms with Crippen molar-refractivity contribution in [2.24, 2.45) is 0 Å². The maximum absolute atomic E-state index is 11.7. The first-order valence-electron chi connectivity index (χ1n) is 4.97. The van der Waals surface area contributed by atoms with Gasteiger partial charge in [0, 0.05) is 11.1 Å². The van der Waals surface area contributed by atoms with Gasteiger partial charge in [0.25, 0.3) is 0 Å². The number of amides is 1. The molecule has 0 radical (unpaired) electrons. The molecule has 0 atom stereocenters. The molecule has 0 aromatic carbocycles. The molecule has 1 amide bonds. The summed E-state index contributed by atoms with van der Waals surface area (Å²) in [4.78, 5) is 21.0. The minimum absolute atomic E-state index is 0.107. The molecule has 4 nitrogen and oxygen atoms in total. The van der Waals surface area contributed by atoms with Gasteiger partial charge in [0.05, 0.1) is 12.1 Å². The normalized spacial score (nSPS) is 10.2. The fourth-order valence-corrected chi connectivity index (χ4v) is 2.35. The molecule has 0 fully saturated rings. The van der Waals surface area contributed by atoms with E-state index in [9.17, 15) is 4.79 Å². The average molecular weight is 312 g/mol. The first-order valence-corrected chi connectivity index (χ1v) is 6.58. The Morgan fingerprint density at radius 2 is 2.35 bits per heavy atom. The van der Waals surface area contributed by atoms with Gasteiger partial charge in [0.1, 0.15) is 4.60 Å². The summed E-state index contributed by atoms with van der Waals surface area (Å²) in [6, 6.07) is 5.50. The number of pyridine rings is 1. The lowest BCUT2D eigenvalue weighted by molar-refractivity contribution is -0.115. The van der Waals surface area contributed by atoms with Gasteiger partial charge in [0.15, 0.2) is 5.13 Å². The van der Waals surface area contributed by atoms with E-state index in [2.05, 4.69) is 31.2 Å². The molecule has 17 heavy (non-hydrogen) atoms. The lowest BCUT2D eigenvalue weighted by atomic mass is 10.2. The van der Waals surface area contributed by atoms with Gasteiger partial charge in [-0.25, -0.2) is 9.97 Å². The highest BCUT2D eigenvalue weighted by atomic mass is 79.9. The van der Waals surface area contributed by atoms with Crippen LogP contribution in [0.1, 0.15) is 10.6 Å². The fourth-order valence-electron chi connectivity index (χ4n) is 1.29. The number of anilines is 1. The van der Waals surface area contributed by atoms with Gasteiger partial charge < -0.3 is 5.32 Å². The van der Waals surface area contributed by atoms with Crippen molar-refractivity contribution in [2.75, 3.05) is 5.32 Å². The van der Waals surface area contributed by atoms with E-state index in [1.165, 1.54) is 11.3 Å². The summed E-state index contributed by atoms with van der Waals surface area (Å²) in [7, 11) is 0. The molecule has 0 aliphatic rings. The van der Waals surface area contributed by atoms with E-state index in [1.807, 2.05) is 25.1 Å². The quantitative estimate of drug-likeness (QED) is 0.887. The van der Waals surface area contributed by atoms with E-state index in [1.54, 1.807) is 6.20 Å². The van der Waals surface area contributed by atoms with Crippen LogP contribution in [0.3, 0.4) is 0 Å². The van der Waals surface area contributed by atoms with Crippen molar-refractivity contribution in [3.05, 3.63) is 39.6 Å². The second-order valence-electron chi connectivity index (χ2n) is 3.45. The topological polar surface area (TPSA) is 54.9 Å². The van der Waals surface area contributed by atoms with Crippen molar-refractivity contribution >= 4 is 38.3 Å². The highest BCUT2D eigenvalue weighted by Crippen LogP contribution is 2.16. The zero-order chi connectivity index (χ0) is 12.3. The minimum Gasteiger partial charge on any atom is -0.302 e. The third kappa shape index (κ3) is 3.61. The molecule has 2 aromatic rings. The van der Waals surface area contributed by atoms with Crippen LogP contribution in [0.15, 0.2) is 29.0 Å². The summed E-state index contributed by atoms with van der Waals surface area (Å²) in [5.74, 6) is -0.107. The van der Waals surface area contributed by atoms with E-state index in [0.29, 0.717) is 5.13 Å². The number of rotatable bonds is 3. The SMILES string of the molecule is Cc1cnc(NC(=O)Cc2cccc(Br)n2)s1. The lowest BCUT2D eigenvalue weighted by Crippen LogP contribution is -2.14. The summed E-state index contributed by atoms with van der Waals surface area (Å²) >= 11 is 4.73. The Bertz CT molecular complexity index is 541. The Kier molecular flexibility index (Phi) is 3.86. The lowest BCUT2D eigenvalue weighted by Gasteiger charge is -2.01. The molecular formula is C11H10BrN3OS. The number of carbonyl (C=O) groups is 1. The number of nitrogens with one attached hydrogen (secondary N) is 1. The van der Waals surface area contributed by atoms with Gasteiger partial charge in [-0.1, -0.05) is 6.07 Å². The standard InChI is InChI=1S/C11H10BrN3OS/c1-7-6-13-11(17-7)15-10(16)5-8-3-2-4-9(12)14-8/h2-4,6H,5H2,1H3,(H,13,15,16). The number of aryl methyl sites for hydroxylation is 1. The molecule has 0 bridgehead atoms. The summed E-state index contributed by atoms with van der Waals surface area (Å²) in [6.45, 7) is 1.95. The highest BCUT2D eigenvalue weighted by molar-refractivity contribution is 9.10. The second-order valence-corrected chi connectivity index (χ2v) is 5.50. The molecule has 2 rings (SSSR count). The van der Waals surface area contributed by atoms with Gasteiger partial charge in [-0.15, -0.1) is 11.3 Å². The van der Waals surface area contributed by atoms with Crippen molar-refractivity contribution in [2.45, 2.75) is 13.3 Å². The number of aromatic nitrogens is 2. The predicted molar refractivity (Wildman–Crippen MR) is 71.1 cm³/mol. The van der Waals surface area contributed by atoms with Gasteiger partial charge >= 0.3 is 0 Å². The van der Waals surface area contributed by atoms with Crippen molar-refractivity contribution in [3.8, 4) is 0 Å². The third-order valence-electron chi connectivity index (χ3n) is 1.98. The number of hydrogen-bond acceptors (Lipinski definition) is 4. The number of hydrogen-bond donors (Lipinski definition) is 1. The van der Waals surface area contributed by atoms with E-state index in [-0.39, 0.29) is 12.3 Å². The Hall–Kier alpha value is -1.27. The Balaban J connectivity index is 1.98. The number of halogens is 1. The van der Waals surface area contributed by atoms with Crippen LogP contribution in [0.25, 0.3) is 0 Å². The van der Waals surface area contributed by atoms with E-state index >= 15 is 0 Å². The second kappa shape index (κ2) is 5.37. The minimum atomic E-state index is -0.107. The number of carbonyl (C=O) groups excluding carboxylic acids is 1. The highest BCUT2D eigenvalue weighted by Gasteiger charge is 2.07. The van der Waals surface area contributed by atoms with E-state index in [4.69, 9.17) is 0 Å². The Labute approximate surface area is 111 Å². The van der Waals surface area contributed by atoms with E-state index in [0.717, 1.165) is 15.2 Å². The molecule has 0 aliphatic heterocycles. The first-order chi connectivity index (χ1) is 8.13. The molecule has 88 valence electrons. The molecular weight excluding hydrogens is 302 g/mol. The van der Waals surface area contributed by atoms with Crippen LogP contribution in [0.2, 0.25) is 0 Å². The van der Waals surface area contributed by atoms with Crippen molar-refractivity contribution < 1.29 is 4.79 Å². The van der Waals surface area contributed by atoms with Gasteiger partial charge in [-0.05, 0) is 35.0 Å². The fraction of sp³-hybridized carbons (Fsp3) is 0.182. The molecule has 0 saturated heterocycles. The van der Waals surface area contributed by atoms with Crippen LogP contribution >= 0.6 is 27.3 Å². The van der Waals surface area contributed by atoms with Crippen LogP contribution in [-0.4, -0.2) is 15.9 Å². The molecule has 0 aliphatic carbocycles. The van der Waals surface area contributed by atoms with Gasteiger partial charge in [0.2, 0.25) is 5.91 Å². The largest absolute Gasteiger partial charge is 0.302 e. The zero-order valence-electron chi connectivity index (χ0n) is 9.11. The molecule has 0 spiro atoms. The van der Waals surface area contributed by atoms with Crippen molar-refractivity contribution in [3.63, 3.8) is 0 Å². The van der Waals surface area contributed by atoms with Crippen molar-refractivity contribution in [1.82, 2.24) is 9.97 Å². The molecule has 0 saturated carbocycles. The number of nitrogens with zero attached hydrogens (tertiary/aromatic N) is 2. The monoisotopic (exact) mass is 311 g/mol. The predicted octanol–water partition coefficient (Wildman–Crippen LogP) is 2.79. The first kappa shape index (κ1) is 12.2. The molecule has 2 heterocycles. The van der Waals surface area contributed by atoms with Crippen LogP contribution in [0.5, 0.6) is 0 Å². The van der Waals surface area contributed by atoms with Crippen LogP contribution in [0.4, 0.5) is 5.13 Å². The van der Waals surface area contributed by atoms with Crippen LogP contribution < -0.4 is 5.32 Å². The van der Waals surface area contributed by atoms with Crippen molar-refractivity contribution in [1.29, 1.82) is 0 Å². The number of thiazole rings is 1.